The van der Waals surface area contributed by atoms with E-state index in [1.165, 1.54) is 0 Å². The van der Waals surface area contributed by atoms with Gasteiger partial charge in [-0.05, 0) is 30.5 Å². The summed E-state index contributed by atoms with van der Waals surface area (Å²) in [5.41, 5.74) is 5.51. The zero-order valence-electron chi connectivity index (χ0n) is 22.4. The van der Waals surface area contributed by atoms with Crippen LogP contribution in [0, 0.1) is 38.5 Å². The van der Waals surface area contributed by atoms with Crippen LogP contribution in [0.4, 0.5) is 11.4 Å². The van der Waals surface area contributed by atoms with Crippen LogP contribution in [0.1, 0.15) is 54.9 Å². The molecule has 3 N–H and O–H groups in total. The predicted octanol–water partition coefficient (Wildman–Crippen LogP) is 2.00. The number of carbonyl (C=O) groups is 1. The number of methoxy groups -OCH3 is 1. The second kappa shape index (κ2) is 14.5. The van der Waals surface area contributed by atoms with Gasteiger partial charge in [0.1, 0.15) is 5.75 Å². The summed E-state index contributed by atoms with van der Waals surface area (Å²) in [5.74, 6) is 1.10. The van der Waals surface area contributed by atoms with Gasteiger partial charge in [-0.2, -0.15) is 18.9 Å². The van der Waals surface area contributed by atoms with Gasteiger partial charge in [-0.3, -0.25) is 22.8 Å². The quantitative estimate of drug-likeness (QED) is 0.388. The Morgan fingerprint density at radius 2 is 1.86 bits per heavy atom. The summed E-state index contributed by atoms with van der Waals surface area (Å²) >= 11 is 0. The number of benzene rings is 2. The Bertz CT molecular complexity index is 1030. The van der Waals surface area contributed by atoms with Gasteiger partial charge in [0.2, 0.25) is 5.91 Å². The third-order valence-electron chi connectivity index (χ3n) is 6.89. The van der Waals surface area contributed by atoms with Crippen molar-refractivity contribution in [2.75, 3.05) is 37.4 Å². The molecule has 1 heterocycles. The third kappa shape index (κ3) is 8.60. The van der Waals surface area contributed by atoms with E-state index in [2.05, 4.69) is 36.2 Å². The number of ether oxygens (including phenoxy) is 1. The van der Waals surface area contributed by atoms with Crippen molar-refractivity contribution in [3.05, 3.63) is 65.9 Å². The van der Waals surface area contributed by atoms with Crippen LogP contribution in [-0.2, 0) is 9.59 Å². The molecule has 0 radical (unpaired) electrons. The Balaban J connectivity index is 0.000000247. The van der Waals surface area contributed by atoms with Crippen LogP contribution >= 0.6 is 0 Å². The normalized spacial score (nSPS) is 16.3. The molecule has 7 heteroatoms. The molecule has 4 rings (SSSR count). The zero-order valence-corrected chi connectivity index (χ0v) is 25.5. The van der Waals surface area contributed by atoms with Crippen LogP contribution in [0.5, 0.6) is 5.75 Å². The molecule has 2 aromatic rings. The maximum Gasteiger partial charge on any atom is 1.00 e. The van der Waals surface area contributed by atoms with Crippen molar-refractivity contribution < 1.29 is 65.7 Å². The van der Waals surface area contributed by atoms with Crippen molar-refractivity contribution in [2.45, 2.75) is 46.5 Å². The average molecular weight is 516 g/mol. The van der Waals surface area contributed by atoms with E-state index in [0.29, 0.717) is 11.0 Å². The van der Waals surface area contributed by atoms with E-state index in [1.54, 1.807) is 7.11 Å². The second-order valence-corrected chi connectivity index (χ2v) is 10.0. The number of hydrogen-bond acceptors (Lipinski definition) is 5. The molecule has 1 aliphatic heterocycles. The Morgan fingerprint density at radius 1 is 1.17 bits per heavy atom. The topological polar surface area (TPSA) is 79.5 Å². The Labute approximate surface area is 259 Å². The molecule has 36 heavy (non-hydrogen) atoms. The van der Waals surface area contributed by atoms with Crippen LogP contribution in [0.15, 0.2) is 30.3 Å². The molecule has 2 aromatic carbocycles. The van der Waals surface area contributed by atoms with E-state index >= 15 is 0 Å². The van der Waals surface area contributed by atoms with E-state index in [0.717, 1.165) is 79.1 Å². The van der Waals surface area contributed by atoms with Gasteiger partial charge in [-0.25, -0.2) is 5.56 Å². The van der Waals surface area contributed by atoms with Gasteiger partial charge in [-0.1, -0.05) is 32.8 Å². The van der Waals surface area contributed by atoms with Crippen LogP contribution in [-0.4, -0.2) is 38.9 Å². The van der Waals surface area contributed by atoms with Gasteiger partial charge in [-0.15, -0.1) is 6.07 Å². The summed E-state index contributed by atoms with van der Waals surface area (Å²) in [6.07, 6.45) is 8.24. The van der Waals surface area contributed by atoms with Gasteiger partial charge < -0.3 is 31.9 Å². The monoisotopic (exact) mass is 515 g/mol. The minimum Gasteiger partial charge on any atom is -0.496 e. The van der Waals surface area contributed by atoms with Gasteiger partial charge in [0.05, 0.1) is 7.11 Å². The molecule has 0 unspecified atom stereocenters. The summed E-state index contributed by atoms with van der Waals surface area (Å²) in [6, 6.07) is 9.60. The third-order valence-corrected chi connectivity index (χ3v) is 6.89. The SMILES string of the molecule is COc1cc(NC(=O)C2CC[CH-]CC2)ccc1C.[CH2-]c1c(C)cc(NCC2(C)CNC2)cc1[C-]=O.[K+]. The standard InChI is InChI=1S/C15H20NO2.C14H18N2O.K/c1-11-8-9-13(10-14(11)18-2)16-15(17)12-6-4-3-5-7-12;1-10-4-13(5-12(6-17)11(10)2)16-9-14(3)7-15-8-14;/h3,8-10,12H,4-7H2,1-2H3,(H,16,17);4-5,15-16H,2,7-9H2,1,3H3;/q-1;-2;+1. The maximum absolute atomic E-state index is 12.1. The van der Waals surface area contributed by atoms with Crippen molar-refractivity contribution in [3.8, 4) is 5.75 Å². The van der Waals surface area contributed by atoms with Gasteiger partial charge in [0, 0.05) is 42.7 Å². The smallest absolute Gasteiger partial charge is 0.496 e. The number of anilines is 2. The number of amides is 1. The summed E-state index contributed by atoms with van der Waals surface area (Å²) in [4.78, 5) is 22.9. The predicted molar refractivity (Wildman–Crippen MR) is 143 cm³/mol. The van der Waals surface area contributed by atoms with Crippen molar-refractivity contribution >= 4 is 23.6 Å². The first-order chi connectivity index (χ1) is 16.7. The number of nitrogens with one attached hydrogen (secondary N) is 3. The van der Waals surface area contributed by atoms with Crippen LogP contribution in [0.25, 0.3) is 0 Å². The molecule has 0 atom stereocenters. The Hall–Kier alpha value is -1.35. The molecule has 2 aliphatic rings. The molecule has 2 fully saturated rings. The van der Waals surface area contributed by atoms with E-state index in [-0.39, 0.29) is 63.2 Å². The van der Waals surface area contributed by atoms with E-state index < -0.39 is 0 Å². The first-order valence-electron chi connectivity index (χ1n) is 12.3. The molecule has 190 valence electrons. The zero-order chi connectivity index (χ0) is 25.4. The molecule has 6 nitrogen and oxygen atoms in total. The van der Waals surface area contributed by atoms with Crippen molar-refractivity contribution in [1.29, 1.82) is 0 Å². The van der Waals surface area contributed by atoms with Crippen molar-refractivity contribution in [2.24, 2.45) is 11.3 Å². The minimum absolute atomic E-state index is 0. The molecule has 1 aliphatic carbocycles. The maximum atomic E-state index is 12.1. The summed E-state index contributed by atoms with van der Waals surface area (Å²) in [7, 11) is 1.64. The molecule has 1 saturated heterocycles. The fourth-order valence-electron chi connectivity index (χ4n) is 4.33. The first kappa shape index (κ1) is 30.9. The molecule has 0 spiro atoms. The number of carbonyl (C=O) groups excluding carboxylic acids is 2. The molecule has 0 bridgehead atoms. The second-order valence-electron chi connectivity index (χ2n) is 10.0. The summed E-state index contributed by atoms with van der Waals surface area (Å²) in [6.45, 7) is 13.0. The van der Waals surface area contributed by atoms with Crippen LogP contribution < -0.4 is 72.1 Å². The molecular formula is C29H38KN3O3-2. The van der Waals surface area contributed by atoms with Crippen LogP contribution in [0.3, 0.4) is 0 Å². The number of rotatable bonds is 7. The molecular weight excluding hydrogens is 477 g/mol. The average Bonchev–Trinajstić information content (AvgIpc) is 2.85. The Morgan fingerprint density at radius 3 is 2.44 bits per heavy atom. The van der Waals surface area contributed by atoms with Gasteiger partial charge in [0.15, 0.2) is 0 Å². The van der Waals surface area contributed by atoms with Crippen LogP contribution in [0.2, 0.25) is 0 Å². The summed E-state index contributed by atoms with van der Waals surface area (Å²) < 4.78 is 5.26. The first-order valence-corrected chi connectivity index (χ1v) is 12.3. The number of hydrogen-bond donors (Lipinski definition) is 3. The van der Waals surface area contributed by atoms with E-state index in [1.807, 2.05) is 50.5 Å². The fraction of sp³-hybridized carbons (Fsp3) is 0.448. The molecule has 1 saturated carbocycles. The Kier molecular flexibility index (Phi) is 12.5. The van der Waals surface area contributed by atoms with Crippen molar-refractivity contribution in [3.63, 3.8) is 0 Å². The minimum atomic E-state index is 0. The molecule has 1 amide bonds. The molecule has 0 aromatic heterocycles. The van der Waals surface area contributed by atoms with E-state index in [4.69, 9.17) is 4.74 Å². The van der Waals surface area contributed by atoms with Crippen molar-refractivity contribution in [1.82, 2.24) is 5.32 Å². The fourth-order valence-corrected chi connectivity index (χ4v) is 4.33. The van der Waals surface area contributed by atoms with E-state index in [9.17, 15) is 9.59 Å². The van der Waals surface area contributed by atoms with Gasteiger partial charge >= 0.3 is 51.4 Å². The largest absolute Gasteiger partial charge is 1.00 e. The number of aryl methyl sites for hydroxylation is 2. The van der Waals surface area contributed by atoms with Gasteiger partial charge in [0.25, 0.3) is 0 Å². The summed E-state index contributed by atoms with van der Waals surface area (Å²) in [5, 5.41) is 9.63.